The van der Waals surface area contributed by atoms with E-state index in [-0.39, 0.29) is 5.91 Å². The van der Waals surface area contributed by atoms with Gasteiger partial charge in [0.1, 0.15) is 11.5 Å². The molecule has 0 atom stereocenters. The van der Waals surface area contributed by atoms with Crippen LogP contribution in [0, 0.1) is 0 Å². The first kappa shape index (κ1) is 14.2. The lowest BCUT2D eigenvalue weighted by Gasteiger charge is -2.10. The topological polar surface area (TPSA) is 47.6 Å². The van der Waals surface area contributed by atoms with E-state index in [1.165, 1.54) is 0 Å². The van der Waals surface area contributed by atoms with Gasteiger partial charge in [0.2, 0.25) is 0 Å². The number of halogens is 1. The second kappa shape index (κ2) is 6.30. The van der Waals surface area contributed by atoms with E-state index in [2.05, 4.69) is 5.32 Å². The first-order valence-electron chi connectivity index (χ1n) is 5.92. The van der Waals surface area contributed by atoms with Crippen LogP contribution in [-0.2, 0) is 0 Å². The Kier molecular flexibility index (Phi) is 4.48. The molecule has 4 nitrogen and oxygen atoms in total. The van der Waals surface area contributed by atoms with Gasteiger partial charge in [0.15, 0.2) is 0 Å². The Morgan fingerprint density at radius 1 is 1.05 bits per heavy atom. The number of nitrogens with one attached hydrogen (secondary N) is 1. The zero-order valence-electron chi connectivity index (χ0n) is 11.1. The summed E-state index contributed by atoms with van der Waals surface area (Å²) >= 11 is 5.87. The number of carbonyl (C=O) groups is 1. The smallest absolute Gasteiger partial charge is 0.255 e. The summed E-state index contributed by atoms with van der Waals surface area (Å²) < 4.78 is 10.3. The number of hydrogen-bond donors (Lipinski definition) is 1. The van der Waals surface area contributed by atoms with Crippen molar-refractivity contribution in [3.63, 3.8) is 0 Å². The molecule has 0 unspecified atom stereocenters. The van der Waals surface area contributed by atoms with Gasteiger partial charge in [0, 0.05) is 34.5 Å². The fourth-order valence-corrected chi connectivity index (χ4v) is 1.90. The van der Waals surface area contributed by atoms with Crippen LogP contribution in [0.2, 0.25) is 5.02 Å². The molecule has 1 N–H and O–H groups in total. The molecule has 0 aromatic heterocycles. The van der Waals surface area contributed by atoms with E-state index in [1.807, 2.05) is 0 Å². The highest BCUT2D eigenvalue weighted by atomic mass is 35.5. The number of anilines is 1. The third-order valence-corrected chi connectivity index (χ3v) is 2.93. The fourth-order valence-electron chi connectivity index (χ4n) is 1.71. The molecule has 1 amide bonds. The van der Waals surface area contributed by atoms with Crippen LogP contribution in [0.15, 0.2) is 42.5 Å². The average Bonchev–Trinajstić information content (AvgIpc) is 2.46. The molecule has 0 saturated carbocycles. The van der Waals surface area contributed by atoms with Crippen molar-refractivity contribution in [2.24, 2.45) is 0 Å². The highest BCUT2D eigenvalue weighted by molar-refractivity contribution is 6.31. The van der Waals surface area contributed by atoms with Crippen molar-refractivity contribution in [1.82, 2.24) is 0 Å². The van der Waals surface area contributed by atoms with Crippen molar-refractivity contribution in [2.45, 2.75) is 0 Å². The van der Waals surface area contributed by atoms with Gasteiger partial charge in [-0.2, -0.15) is 0 Å². The van der Waals surface area contributed by atoms with E-state index >= 15 is 0 Å². The lowest BCUT2D eigenvalue weighted by molar-refractivity contribution is 0.102. The number of hydrogen-bond acceptors (Lipinski definition) is 3. The first-order valence-corrected chi connectivity index (χ1v) is 6.30. The number of ether oxygens (including phenoxy) is 2. The molecule has 0 heterocycles. The lowest BCUT2D eigenvalue weighted by atomic mass is 10.2. The molecular weight excluding hydrogens is 278 g/mol. The van der Waals surface area contributed by atoms with Crippen LogP contribution in [0.4, 0.5) is 5.69 Å². The van der Waals surface area contributed by atoms with Crippen molar-refractivity contribution in [3.05, 3.63) is 53.1 Å². The zero-order chi connectivity index (χ0) is 14.5. The number of rotatable bonds is 4. The number of carbonyl (C=O) groups excluding carboxylic acids is 1. The minimum absolute atomic E-state index is 0.247. The Balaban J connectivity index is 2.23. The summed E-state index contributed by atoms with van der Waals surface area (Å²) in [5, 5.41) is 3.29. The van der Waals surface area contributed by atoms with Crippen molar-refractivity contribution >= 4 is 23.2 Å². The molecule has 0 aliphatic heterocycles. The minimum Gasteiger partial charge on any atom is -0.497 e. The largest absolute Gasteiger partial charge is 0.497 e. The molecule has 0 spiro atoms. The quantitative estimate of drug-likeness (QED) is 0.936. The van der Waals surface area contributed by atoms with Crippen molar-refractivity contribution in [3.8, 4) is 11.5 Å². The number of amides is 1. The molecule has 2 aromatic carbocycles. The van der Waals surface area contributed by atoms with Crippen molar-refractivity contribution in [1.29, 1.82) is 0 Å². The minimum atomic E-state index is -0.247. The molecule has 0 fully saturated rings. The normalized spacial score (nSPS) is 9.95. The van der Waals surface area contributed by atoms with Gasteiger partial charge in [0.05, 0.1) is 14.2 Å². The molecule has 5 heteroatoms. The van der Waals surface area contributed by atoms with Gasteiger partial charge in [-0.25, -0.2) is 0 Å². The second-order valence-corrected chi connectivity index (χ2v) is 4.50. The number of benzene rings is 2. The predicted molar refractivity (Wildman–Crippen MR) is 79.0 cm³/mol. The Morgan fingerprint density at radius 2 is 1.70 bits per heavy atom. The SMILES string of the molecule is COc1cc(NC(=O)c2cccc(Cl)c2)cc(OC)c1. The number of methoxy groups -OCH3 is 2. The molecule has 0 bridgehead atoms. The van der Waals surface area contributed by atoms with E-state index < -0.39 is 0 Å². The summed E-state index contributed by atoms with van der Waals surface area (Å²) in [6, 6.07) is 11.9. The highest BCUT2D eigenvalue weighted by Crippen LogP contribution is 2.26. The average molecular weight is 292 g/mol. The Morgan fingerprint density at radius 3 is 2.25 bits per heavy atom. The predicted octanol–water partition coefficient (Wildman–Crippen LogP) is 3.61. The van der Waals surface area contributed by atoms with Crippen molar-refractivity contribution < 1.29 is 14.3 Å². The molecule has 0 saturated heterocycles. The van der Waals surface area contributed by atoms with E-state index in [4.69, 9.17) is 21.1 Å². The van der Waals surface area contributed by atoms with E-state index in [0.717, 1.165) is 0 Å². The fraction of sp³-hybridized carbons (Fsp3) is 0.133. The van der Waals surface area contributed by atoms with Crippen LogP contribution in [0.3, 0.4) is 0 Å². The first-order chi connectivity index (χ1) is 9.62. The molecule has 2 rings (SSSR count). The highest BCUT2D eigenvalue weighted by Gasteiger charge is 2.08. The summed E-state index contributed by atoms with van der Waals surface area (Å²) in [5.41, 5.74) is 1.07. The van der Waals surface area contributed by atoms with Crippen LogP contribution in [0.25, 0.3) is 0 Å². The van der Waals surface area contributed by atoms with Crippen LogP contribution in [-0.4, -0.2) is 20.1 Å². The molecule has 0 aliphatic rings. The van der Waals surface area contributed by atoms with Gasteiger partial charge in [-0.3, -0.25) is 4.79 Å². The van der Waals surface area contributed by atoms with Gasteiger partial charge < -0.3 is 14.8 Å². The standard InChI is InChI=1S/C15H14ClNO3/c1-19-13-7-12(8-14(9-13)20-2)17-15(18)10-4-3-5-11(16)6-10/h3-9H,1-2H3,(H,17,18). The maximum atomic E-state index is 12.1. The molecular formula is C15H14ClNO3. The molecule has 0 radical (unpaired) electrons. The van der Waals surface area contributed by atoms with Gasteiger partial charge in [-0.1, -0.05) is 17.7 Å². The molecule has 104 valence electrons. The molecule has 20 heavy (non-hydrogen) atoms. The Hall–Kier alpha value is -2.20. The summed E-state index contributed by atoms with van der Waals surface area (Å²) in [5.74, 6) is 0.958. The van der Waals surface area contributed by atoms with Crippen LogP contribution < -0.4 is 14.8 Å². The van der Waals surface area contributed by atoms with Crippen LogP contribution >= 0.6 is 11.6 Å². The van der Waals surface area contributed by atoms with Crippen LogP contribution in [0.5, 0.6) is 11.5 Å². The van der Waals surface area contributed by atoms with Crippen molar-refractivity contribution in [2.75, 3.05) is 19.5 Å². The molecule has 2 aromatic rings. The summed E-state index contributed by atoms with van der Waals surface area (Å²) in [6.07, 6.45) is 0. The van der Waals surface area contributed by atoms with Gasteiger partial charge in [-0.15, -0.1) is 0 Å². The third kappa shape index (κ3) is 3.42. The van der Waals surface area contributed by atoms with Gasteiger partial charge in [0.25, 0.3) is 5.91 Å². The van der Waals surface area contributed by atoms with E-state index in [9.17, 15) is 4.79 Å². The summed E-state index contributed by atoms with van der Waals surface area (Å²) in [7, 11) is 3.11. The van der Waals surface area contributed by atoms with E-state index in [0.29, 0.717) is 27.8 Å². The van der Waals surface area contributed by atoms with Crippen LogP contribution in [0.1, 0.15) is 10.4 Å². The summed E-state index contributed by atoms with van der Waals surface area (Å²) in [6.45, 7) is 0. The summed E-state index contributed by atoms with van der Waals surface area (Å²) in [4.78, 5) is 12.1. The van der Waals surface area contributed by atoms with E-state index in [1.54, 1.807) is 56.7 Å². The lowest BCUT2D eigenvalue weighted by Crippen LogP contribution is -2.11. The second-order valence-electron chi connectivity index (χ2n) is 4.07. The Labute approximate surface area is 122 Å². The third-order valence-electron chi connectivity index (χ3n) is 2.70. The molecule has 0 aliphatic carbocycles. The monoisotopic (exact) mass is 291 g/mol. The van der Waals surface area contributed by atoms with Gasteiger partial charge >= 0.3 is 0 Å². The van der Waals surface area contributed by atoms with Gasteiger partial charge in [-0.05, 0) is 18.2 Å². The zero-order valence-corrected chi connectivity index (χ0v) is 11.9. The Bertz CT molecular complexity index is 606. The maximum absolute atomic E-state index is 12.1. The maximum Gasteiger partial charge on any atom is 0.255 e.